The smallest absolute Gasteiger partial charge is 0.304 e. The Balaban J connectivity index is 2.46. The van der Waals surface area contributed by atoms with Crippen LogP contribution in [-0.2, 0) is 21.3 Å². The number of rotatable bonds is 6. The first-order valence-corrected chi connectivity index (χ1v) is 6.58. The molecule has 1 atom stereocenters. The van der Waals surface area contributed by atoms with Crippen LogP contribution in [0.5, 0.6) is 0 Å². The monoisotopic (exact) mass is 244 g/mol. The highest BCUT2D eigenvalue weighted by Crippen LogP contribution is 2.06. The standard InChI is InChI=1S/C10H16N2O3S/c1-8(2)12-5-3-9(11-12)7-16(15)6-4-10(13)14/h3,5,8H,4,6-7H2,1-2H3,(H,13,14). The van der Waals surface area contributed by atoms with Crippen LogP contribution in [0.15, 0.2) is 12.3 Å². The first-order valence-electron chi connectivity index (χ1n) is 5.10. The Bertz CT molecular complexity index is 387. The Morgan fingerprint density at radius 2 is 2.31 bits per heavy atom. The van der Waals surface area contributed by atoms with Gasteiger partial charge < -0.3 is 5.11 Å². The van der Waals surface area contributed by atoms with E-state index in [4.69, 9.17) is 5.11 Å². The third kappa shape index (κ3) is 4.14. The van der Waals surface area contributed by atoms with Crippen molar-refractivity contribution in [1.82, 2.24) is 9.78 Å². The summed E-state index contributed by atoms with van der Waals surface area (Å²) in [6.45, 7) is 4.02. The summed E-state index contributed by atoms with van der Waals surface area (Å²) in [5.74, 6) is -0.405. The highest BCUT2D eigenvalue weighted by molar-refractivity contribution is 7.84. The van der Waals surface area contributed by atoms with E-state index in [1.54, 1.807) is 4.68 Å². The lowest BCUT2D eigenvalue weighted by atomic mass is 10.4. The molecule has 0 bridgehead atoms. The average molecular weight is 244 g/mol. The lowest BCUT2D eigenvalue weighted by molar-refractivity contribution is -0.136. The SMILES string of the molecule is CC(C)n1ccc(CS(=O)CCC(=O)O)n1. The van der Waals surface area contributed by atoms with Gasteiger partial charge in [0.25, 0.3) is 0 Å². The maximum absolute atomic E-state index is 11.5. The van der Waals surface area contributed by atoms with Crippen molar-refractivity contribution in [3.63, 3.8) is 0 Å². The van der Waals surface area contributed by atoms with Gasteiger partial charge in [0.05, 0.1) is 17.9 Å². The molecule has 6 heteroatoms. The molecule has 0 aliphatic heterocycles. The number of carbonyl (C=O) groups is 1. The fraction of sp³-hybridized carbons (Fsp3) is 0.600. The maximum atomic E-state index is 11.5. The second-order valence-corrected chi connectivity index (χ2v) is 5.39. The molecule has 0 fully saturated rings. The van der Waals surface area contributed by atoms with Crippen molar-refractivity contribution < 1.29 is 14.1 Å². The van der Waals surface area contributed by atoms with E-state index in [0.717, 1.165) is 5.69 Å². The molecule has 1 aromatic rings. The van der Waals surface area contributed by atoms with Crippen molar-refractivity contribution in [3.05, 3.63) is 18.0 Å². The van der Waals surface area contributed by atoms with Crippen molar-refractivity contribution in [2.24, 2.45) is 0 Å². The van der Waals surface area contributed by atoms with Crippen LogP contribution in [0.1, 0.15) is 32.0 Å². The van der Waals surface area contributed by atoms with E-state index in [2.05, 4.69) is 5.10 Å². The van der Waals surface area contributed by atoms with Crippen molar-refractivity contribution in [3.8, 4) is 0 Å². The molecule has 0 spiro atoms. The number of aromatic nitrogens is 2. The van der Waals surface area contributed by atoms with Gasteiger partial charge in [-0.3, -0.25) is 13.7 Å². The second-order valence-electron chi connectivity index (χ2n) is 3.81. The molecule has 0 amide bonds. The molecule has 0 aliphatic rings. The molecule has 1 aromatic heterocycles. The van der Waals surface area contributed by atoms with Gasteiger partial charge in [-0.1, -0.05) is 0 Å². The number of aliphatic carboxylic acids is 1. The summed E-state index contributed by atoms with van der Waals surface area (Å²) in [7, 11) is -1.15. The Hall–Kier alpha value is -1.17. The summed E-state index contributed by atoms with van der Waals surface area (Å²) in [5.41, 5.74) is 0.748. The van der Waals surface area contributed by atoms with Gasteiger partial charge in [0, 0.05) is 28.8 Å². The first kappa shape index (κ1) is 12.9. The van der Waals surface area contributed by atoms with Crippen LogP contribution in [-0.4, -0.2) is 30.8 Å². The molecule has 1 rings (SSSR count). The molecule has 1 N–H and O–H groups in total. The largest absolute Gasteiger partial charge is 0.481 e. The number of carboxylic acids is 1. The van der Waals surface area contributed by atoms with Crippen molar-refractivity contribution in [2.75, 3.05) is 5.75 Å². The minimum atomic E-state index is -1.15. The summed E-state index contributed by atoms with van der Waals surface area (Å²) in [6.07, 6.45) is 1.78. The fourth-order valence-corrected chi connectivity index (χ4v) is 2.21. The number of hydrogen-bond acceptors (Lipinski definition) is 3. The highest BCUT2D eigenvalue weighted by atomic mass is 32.2. The molecule has 0 aromatic carbocycles. The van der Waals surface area contributed by atoms with Gasteiger partial charge in [0.15, 0.2) is 0 Å². The van der Waals surface area contributed by atoms with Crippen LogP contribution < -0.4 is 0 Å². The topological polar surface area (TPSA) is 72.2 Å². The van der Waals surface area contributed by atoms with Crippen molar-refractivity contribution in [2.45, 2.75) is 32.1 Å². The van der Waals surface area contributed by atoms with Gasteiger partial charge in [-0.25, -0.2) is 0 Å². The third-order valence-electron chi connectivity index (χ3n) is 2.05. The Morgan fingerprint density at radius 1 is 1.62 bits per heavy atom. The van der Waals surface area contributed by atoms with Gasteiger partial charge in [0.2, 0.25) is 0 Å². The molecule has 0 aliphatic carbocycles. The predicted octanol–water partition coefficient (Wildman–Crippen LogP) is 1.19. The second kappa shape index (κ2) is 5.79. The van der Waals surface area contributed by atoms with Crippen LogP contribution in [0.25, 0.3) is 0 Å². The summed E-state index contributed by atoms with van der Waals surface area (Å²) in [6, 6.07) is 2.10. The van der Waals surface area contributed by atoms with Gasteiger partial charge in [0.1, 0.15) is 0 Å². The molecule has 5 nitrogen and oxygen atoms in total. The molecule has 0 saturated carbocycles. The Morgan fingerprint density at radius 3 is 2.81 bits per heavy atom. The molecule has 1 unspecified atom stereocenters. The van der Waals surface area contributed by atoms with Crippen LogP contribution in [0.4, 0.5) is 0 Å². The summed E-state index contributed by atoms with van der Waals surface area (Å²) >= 11 is 0. The lowest BCUT2D eigenvalue weighted by Crippen LogP contribution is -2.08. The zero-order chi connectivity index (χ0) is 12.1. The zero-order valence-electron chi connectivity index (χ0n) is 9.42. The summed E-state index contributed by atoms with van der Waals surface area (Å²) < 4.78 is 13.3. The minimum absolute atomic E-state index is 0.0580. The third-order valence-corrected chi connectivity index (χ3v) is 3.32. The van der Waals surface area contributed by atoms with E-state index >= 15 is 0 Å². The Kier molecular flexibility index (Phi) is 4.67. The number of carboxylic acid groups (broad SMARTS) is 1. The molecule has 0 saturated heterocycles. The molecule has 1 heterocycles. The normalized spacial score (nSPS) is 12.9. The number of nitrogens with zero attached hydrogens (tertiary/aromatic N) is 2. The van der Waals surface area contributed by atoms with Crippen LogP contribution in [0, 0.1) is 0 Å². The van der Waals surface area contributed by atoms with E-state index in [1.165, 1.54) is 0 Å². The van der Waals surface area contributed by atoms with Gasteiger partial charge in [-0.2, -0.15) is 5.10 Å². The van der Waals surface area contributed by atoms with Crippen LogP contribution in [0.2, 0.25) is 0 Å². The molecular weight excluding hydrogens is 228 g/mol. The molecule has 0 radical (unpaired) electrons. The molecule has 16 heavy (non-hydrogen) atoms. The van der Waals surface area contributed by atoms with Gasteiger partial charge in [-0.05, 0) is 19.9 Å². The summed E-state index contributed by atoms with van der Waals surface area (Å²) in [5, 5.41) is 12.7. The predicted molar refractivity (Wildman–Crippen MR) is 61.6 cm³/mol. The van der Waals surface area contributed by atoms with Crippen molar-refractivity contribution in [1.29, 1.82) is 0 Å². The van der Waals surface area contributed by atoms with E-state index in [-0.39, 0.29) is 18.2 Å². The van der Waals surface area contributed by atoms with Gasteiger partial charge >= 0.3 is 5.97 Å². The van der Waals surface area contributed by atoms with E-state index in [0.29, 0.717) is 5.75 Å². The quantitative estimate of drug-likeness (QED) is 0.815. The first-order chi connectivity index (χ1) is 7.49. The summed E-state index contributed by atoms with van der Waals surface area (Å²) in [4.78, 5) is 10.3. The van der Waals surface area contributed by atoms with Crippen LogP contribution in [0.3, 0.4) is 0 Å². The highest BCUT2D eigenvalue weighted by Gasteiger charge is 2.08. The minimum Gasteiger partial charge on any atom is -0.481 e. The maximum Gasteiger partial charge on any atom is 0.304 e. The van der Waals surface area contributed by atoms with E-state index in [1.807, 2.05) is 26.1 Å². The molecular formula is C10H16N2O3S. The Labute approximate surface area is 96.9 Å². The zero-order valence-corrected chi connectivity index (χ0v) is 10.2. The fourth-order valence-electron chi connectivity index (χ4n) is 1.18. The van der Waals surface area contributed by atoms with Gasteiger partial charge in [-0.15, -0.1) is 0 Å². The van der Waals surface area contributed by atoms with Crippen LogP contribution >= 0.6 is 0 Å². The number of hydrogen-bond donors (Lipinski definition) is 1. The van der Waals surface area contributed by atoms with Crippen molar-refractivity contribution >= 4 is 16.8 Å². The van der Waals surface area contributed by atoms with E-state index in [9.17, 15) is 9.00 Å². The average Bonchev–Trinajstić information content (AvgIpc) is 2.63. The lowest BCUT2D eigenvalue weighted by Gasteiger charge is -2.03. The van der Waals surface area contributed by atoms with E-state index < -0.39 is 16.8 Å². The molecule has 90 valence electrons.